The summed E-state index contributed by atoms with van der Waals surface area (Å²) in [5.74, 6) is -0.387. The van der Waals surface area contributed by atoms with E-state index in [2.05, 4.69) is 19.2 Å². The molecule has 2 atom stereocenters. The van der Waals surface area contributed by atoms with Gasteiger partial charge in [-0.2, -0.15) is 0 Å². The van der Waals surface area contributed by atoms with Gasteiger partial charge < -0.3 is 9.84 Å². The lowest BCUT2D eigenvalue weighted by Gasteiger charge is -2.32. The Balaban J connectivity index is 2.94. The number of carbonyl (C=O) groups is 1. The van der Waals surface area contributed by atoms with Gasteiger partial charge in [0.15, 0.2) is 5.54 Å². The van der Waals surface area contributed by atoms with Crippen molar-refractivity contribution in [3.8, 4) is 0 Å². The molecule has 4 heteroatoms. The summed E-state index contributed by atoms with van der Waals surface area (Å²) in [6.07, 6.45) is 0.947. The van der Waals surface area contributed by atoms with Gasteiger partial charge in [-0.1, -0.05) is 51.1 Å². The van der Waals surface area contributed by atoms with Gasteiger partial charge >= 0.3 is 5.97 Å². The Kier molecular flexibility index (Phi) is 6.85. The highest BCUT2D eigenvalue weighted by Gasteiger charge is 2.40. The van der Waals surface area contributed by atoms with Gasteiger partial charge in [0.05, 0.1) is 12.7 Å². The lowest BCUT2D eigenvalue weighted by molar-refractivity contribution is -0.149. The first-order chi connectivity index (χ1) is 9.92. The Morgan fingerprint density at radius 3 is 2.38 bits per heavy atom. The molecule has 21 heavy (non-hydrogen) atoms. The van der Waals surface area contributed by atoms with Crippen LogP contribution in [0.5, 0.6) is 0 Å². The molecule has 0 saturated heterocycles. The first-order valence-corrected chi connectivity index (χ1v) is 7.58. The molecule has 0 amide bonds. The maximum Gasteiger partial charge on any atom is 0.331 e. The third-order valence-corrected chi connectivity index (χ3v) is 3.50. The van der Waals surface area contributed by atoms with Crippen LogP contribution in [0.15, 0.2) is 30.3 Å². The number of hydrogen-bond acceptors (Lipinski definition) is 3. The van der Waals surface area contributed by atoms with Gasteiger partial charge in [0.2, 0.25) is 0 Å². The Morgan fingerprint density at radius 2 is 1.90 bits per heavy atom. The zero-order valence-electron chi connectivity index (χ0n) is 13.4. The second-order valence-electron chi connectivity index (χ2n) is 5.86. The van der Waals surface area contributed by atoms with Gasteiger partial charge in [0.25, 0.3) is 0 Å². The molecule has 0 saturated carbocycles. The highest BCUT2D eigenvalue weighted by Crippen LogP contribution is 2.23. The molecule has 1 aromatic carbocycles. The summed E-state index contributed by atoms with van der Waals surface area (Å²) < 4.78 is 5.84. The van der Waals surface area contributed by atoms with Crippen LogP contribution in [-0.4, -0.2) is 30.3 Å². The number of ether oxygens (including phenoxy) is 1. The summed E-state index contributed by atoms with van der Waals surface area (Å²) in [5, 5.41) is 12.9. The molecule has 2 N–H and O–H groups in total. The SMILES string of the molecule is CCNC(COC(C)CC(C)C)(C(=O)O)c1ccccc1. The number of rotatable bonds is 9. The number of benzene rings is 1. The van der Waals surface area contributed by atoms with Gasteiger partial charge in [-0.05, 0) is 31.4 Å². The van der Waals surface area contributed by atoms with E-state index in [0.29, 0.717) is 12.5 Å². The quantitative estimate of drug-likeness (QED) is 0.735. The molecule has 118 valence electrons. The third-order valence-electron chi connectivity index (χ3n) is 3.50. The lowest BCUT2D eigenvalue weighted by atomic mass is 9.90. The van der Waals surface area contributed by atoms with E-state index in [-0.39, 0.29) is 12.7 Å². The Bertz CT molecular complexity index is 433. The van der Waals surface area contributed by atoms with Crippen molar-refractivity contribution in [3.63, 3.8) is 0 Å². The van der Waals surface area contributed by atoms with Crippen LogP contribution >= 0.6 is 0 Å². The summed E-state index contributed by atoms with van der Waals surface area (Å²) in [4.78, 5) is 11.9. The summed E-state index contributed by atoms with van der Waals surface area (Å²) in [6.45, 7) is 8.83. The zero-order valence-corrected chi connectivity index (χ0v) is 13.4. The van der Waals surface area contributed by atoms with Gasteiger partial charge in [-0.15, -0.1) is 0 Å². The van der Waals surface area contributed by atoms with Crippen LogP contribution in [0.25, 0.3) is 0 Å². The summed E-state index contributed by atoms with van der Waals surface area (Å²) in [7, 11) is 0. The summed E-state index contributed by atoms with van der Waals surface area (Å²) in [5.41, 5.74) is -0.475. The van der Waals surface area contributed by atoms with Crippen LogP contribution in [0.1, 0.15) is 39.7 Å². The molecule has 0 spiro atoms. The van der Waals surface area contributed by atoms with Crippen molar-refractivity contribution in [2.24, 2.45) is 5.92 Å². The average molecular weight is 293 g/mol. The minimum Gasteiger partial charge on any atom is -0.480 e. The smallest absolute Gasteiger partial charge is 0.331 e. The highest BCUT2D eigenvalue weighted by atomic mass is 16.5. The molecular weight excluding hydrogens is 266 g/mol. The summed E-state index contributed by atoms with van der Waals surface area (Å²) >= 11 is 0. The topological polar surface area (TPSA) is 58.6 Å². The summed E-state index contributed by atoms with van der Waals surface area (Å²) in [6, 6.07) is 9.23. The van der Waals surface area contributed by atoms with Crippen molar-refractivity contribution in [1.82, 2.24) is 5.32 Å². The van der Waals surface area contributed by atoms with Gasteiger partial charge in [-0.3, -0.25) is 5.32 Å². The van der Waals surface area contributed by atoms with Crippen LogP contribution in [0.3, 0.4) is 0 Å². The van der Waals surface area contributed by atoms with E-state index in [4.69, 9.17) is 4.74 Å². The van der Waals surface area contributed by atoms with Crippen molar-refractivity contribution in [3.05, 3.63) is 35.9 Å². The molecule has 4 nitrogen and oxygen atoms in total. The van der Waals surface area contributed by atoms with Gasteiger partial charge in [0.1, 0.15) is 0 Å². The number of hydrogen-bond donors (Lipinski definition) is 2. The molecule has 0 radical (unpaired) electrons. The van der Waals surface area contributed by atoms with E-state index >= 15 is 0 Å². The molecule has 2 unspecified atom stereocenters. The Labute approximate surface area is 127 Å². The molecule has 0 aliphatic rings. The fourth-order valence-corrected chi connectivity index (χ4v) is 2.52. The first kappa shape index (κ1) is 17.7. The number of likely N-dealkylation sites (N-methyl/N-ethyl adjacent to an activating group) is 1. The van der Waals surface area contributed by atoms with Crippen molar-refractivity contribution in [2.45, 2.75) is 45.8 Å². The van der Waals surface area contributed by atoms with E-state index in [1.807, 2.05) is 44.2 Å². The fraction of sp³-hybridized carbons (Fsp3) is 0.588. The van der Waals surface area contributed by atoms with Crippen molar-refractivity contribution >= 4 is 5.97 Å². The van der Waals surface area contributed by atoms with Crippen LogP contribution in [0.4, 0.5) is 0 Å². The highest BCUT2D eigenvalue weighted by molar-refractivity contribution is 5.81. The van der Waals surface area contributed by atoms with Crippen molar-refractivity contribution < 1.29 is 14.6 Å². The molecular formula is C17H27NO3. The molecule has 0 aromatic heterocycles. The number of carboxylic acid groups (broad SMARTS) is 1. The van der Waals surface area contributed by atoms with Gasteiger partial charge in [0, 0.05) is 0 Å². The molecule has 1 aromatic rings. The molecule has 0 heterocycles. The van der Waals surface area contributed by atoms with Crippen molar-refractivity contribution in [2.75, 3.05) is 13.2 Å². The van der Waals surface area contributed by atoms with E-state index in [0.717, 1.165) is 12.0 Å². The van der Waals surface area contributed by atoms with Crippen LogP contribution in [-0.2, 0) is 15.1 Å². The van der Waals surface area contributed by atoms with Crippen LogP contribution in [0, 0.1) is 5.92 Å². The largest absolute Gasteiger partial charge is 0.480 e. The zero-order chi connectivity index (χ0) is 15.9. The molecule has 1 rings (SSSR count). The number of nitrogens with one attached hydrogen (secondary N) is 1. The predicted octanol–water partition coefficient (Wildman–Crippen LogP) is 3.03. The lowest BCUT2D eigenvalue weighted by Crippen LogP contribution is -2.53. The fourth-order valence-electron chi connectivity index (χ4n) is 2.52. The third kappa shape index (κ3) is 4.83. The Morgan fingerprint density at radius 1 is 1.29 bits per heavy atom. The molecule has 0 bridgehead atoms. The number of carboxylic acids is 1. The second-order valence-corrected chi connectivity index (χ2v) is 5.86. The predicted molar refractivity (Wildman–Crippen MR) is 84.3 cm³/mol. The minimum atomic E-state index is -1.19. The monoisotopic (exact) mass is 293 g/mol. The first-order valence-electron chi connectivity index (χ1n) is 7.58. The molecule has 0 aliphatic carbocycles. The minimum absolute atomic E-state index is 0.0334. The maximum atomic E-state index is 11.9. The van der Waals surface area contributed by atoms with E-state index < -0.39 is 11.5 Å². The number of aliphatic carboxylic acids is 1. The molecule has 0 aliphatic heterocycles. The van der Waals surface area contributed by atoms with Crippen LogP contribution in [0.2, 0.25) is 0 Å². The molecule has 0 fully saturated rings. The van der Waals surface area contributed by atoms with E-state index in [1.54, 1.807) is 0 Å². The van der Waals surface area contributed by atoms with Crippen LogP contribution < -0.4 is 5.32 Å². The Hall–Kier alpha value is -1.39. The average Bonchev–Trinajstić information content (AvgIpc) is 2.43. The van der Waals surface area contributed by atoms with E-state index in [9.17, 15) is 9.90 Å². The maximum absolute atomic E-state index is 11.9. The normalized spacial score (nSPS) is 15.7. The van der Waals surface area contributed by atoms with E-state index in [1.165, 1.54) is 0 Å². The standard InChI is InChI=1S/C17H27NO3/c1-5-18-17(16(19)20,15-9-7-6-8-10-15)12-21-14(4)11-13(2)3/h6-10,13-14,18H,5,11-12H2,1-4H3,(H,19,20). The van der Waals surface area contributed by atoms with Gasteiger partial charge in [-0.25, -0.2) is 4.79 Å². The van der Waals surface area contributed by atoms with Crippen molar-refractivity contribution in [1.29, 1.82) is 0 Å². The second kappa shape index (κ2) is 8.15.